The molecular weight excluding hydrogens is 307 g/mol. The Morgan fingerprint density at radius 1 is 1.17 bits per heavy atom. The molecular formula is C18H21FN4O. The zero-order valence-electron chi connectivity index (χ0n) is 13.6. The van der Waals surface area contributed by atoms with Gasteiger partial charge in [0, 0.05) is 49.7 Å². The Labute approximate surface area is 140 Å². The molecule has 2 aromatic rings. The van der Waals surface area contributed by atoms with Crippen molar-refractivity contribution in [1.29, 1.82) is 0 Å². The van der Waals surface area contributed by atoms with Crippen LogP contribution in [0.2, 0.25) is 0 Å². The second kappa shape index (κ2) is 6.53. The van der Waals surface area contributed by atoms with Crippen molar-refractivity contribution in [2.75, 3.05) is 19.7 Å². The maximum atomic E-state index is 13.8. The summed E-state index contributed by atoms with van der Waals surface area (Å²) < 4.78 is 20.0. The molecule has 0 N–H and O–H groups in total. The van der Waals surface area contributed by atoms with Crippen molar-refractivity contribution < 1.29 is 9.13 Å². The molecule has 5 nitrogen and oxygen atoms in total. The molecule has 0 aliphatic carbocycles. The van der Waals surface area contributed by atoms with Crippen molar-refractivity contribution >= 4 is 0 Å². The molecule has 24 heavy (non-hydrogen) atoms. The number of rotatable bonds is 3. The zero-order chi connectivity index (χ0) is 16.4. The first kappa shape index (κ1) is 15.6. The Balaban J connectivity index is 1.36. The van der Waals surface area contributed by atoms with Crippen molar-refractivity contribution in [3.8, 4) is 0 Å². The van der Waals surface area contributed by atoms with Crippen molar-refractivity contribution in [1.82, 2.24) is 19.9 Å². The number of aromatic nitrogens is 3. The van der Waals surface area contributed by atoms with Crippen LogP contribution in [0.4, 0.5) is 4.39 Å². The molecule has 1 spiro atoms. The minimum absolute atomic E-state index is 0.0339. The second-order valence-electron chi connectivity index (χ2n) is 6.81. The average Bonchev–Trinajstić information content (AvgIpc) is 3.04. The topological polar surface area (TPSA) is 51.1 Å². The summed E-state index contributed by atoms with van der Waals surface area (Å²) in [5.41, 5.74) is 1.84. The lowest BCUT2D eigenvalue weighted by Gasteiger charge is -2.38. The van der Waals surface area contributed by atoms with Gasteiger partial charge in [-0.2, -0.15) is 0 Å². The molecule has 126 valence electrons. The van der Waals surface area contributed by atoms with Crippen LogP contribution in [0.1, 0.15) is 36.3 Å². The number of pyridine rings is 1. The van der Waals surface area contributed by atoms with Gasteiger partial charge in [-0.25, -0.2) is 14.4 Å². The minimum atomic E-state index is -0.223. The lowest BCUT2D eigenvalue weighted by Crippen LogP contribution is -2.43. The van der Waals surface area contributed by atoms with Gasteiger partial charge in [0.1, 0.15) is 12.1 Å². The van der Waals surface area contributed by atoms with E-state index in [-0.39, 0.29) is 11.4 Å². The summed E-state index contributed by atoms with van der Waals surface area (Å²) in [4.78, 5) is 14.3. The molecule has 0 aromatic carbocycles. The fourth-order valence-corrected chi connectivity index (χ4v) is 3.82. The van der Waals surface area contributed by atoms with Crippen LogP contribution >= 0.6 is 0 Å². The molecule has 2 saturated heterocycles. The lowest BCUT2D eigenvalue weighted by molar-refractivity contribution is -0.0449. The smallest absolute Gasteiger partial charge is 0.145 e. The number of hydrogen-bond donors (Lipinski definition) is 0. The van der Waals surface area contributed by atoms with Gasteiger partial charge < -0.3 is 4.74 Å². The van der Waals surface area contributed by atoms with Crippen LogP contribution in [-0.2, 0) is 11.3 Å². The first-order chi connectivity index (χ1) is 11.7. The molecule has 1 atom stereocenters. The monoisotopic (exact) mass is 328 g/mol. The zero-order valence-corrected chi connectivity index (χ0v) is 13.6. The van der Waals surface area contributed by atoms with Crippen LogP contribution in [-0.4, -0.2) is 45.1 Å². The third-order valence-corrected chi connectivity index (χ3v) is 5.28. The highest BCUT2D eigenvalue weighted by molar-refractivity contribution is 5.15. The van der Waals surface area contributed by atoms with E-state index in [9.17, 15) is 4.39 Å². The van der Waals surface area contributed by atoms with Gasteiger partial charge in [0.15, 0.2) is 0 Å². The van der Waals surface area contributed by atoms with Crippen molar-refractivity contribution in [2.45, 2.75) is 37.3 Å². The lowest BCUT2D eigenvalue weighted by atomic mass is 9.83. The fraction of sp³-hybridized carbons (Fsp3) is 0.500. The molecule has 2 aromatic heterocycles. The van der Waals surface area contributed by atoms with Gasteiger partial charge in [-0.05, 0) is 30.9 Å². The summed E-state index contributed by atoms with van der Waals surface area (Å²) in [6.45, 7) is 3.24. The highest BCUT2D eigenvalue weighted by atomic mass is 19.1. The molecule has 1 unspecified atom stereocenters. The molecule has 2 aliphatic rings. The number of piperidine rings is 1. The number of likely N-dealkylation sites (tertiary alicyclic amines) is 1. The Hall–Kier alpha value is -1.92. The Bertz CT molecular complexity index is 688. The predicted molar refractivity (Wildman–Crippen MR) is 86.8 cm³/mol. The maximum absolute atomic E-state index is 13.8. The summed E-state index contributed by atoms with van der Waals surface area (Å²) in [7, 11) is 0. The van der Waals surface area contributed by atoms with E-state index in [1.807, 2.05) is 12.4 Å². The fourth-order valence-electron chi connectivity index (χ4n) is 3.82. The van der Waals surface area contributed by atoms with Crippen molar-refractivity contribution in [3.05, 3.63) is 54.1 Å². The molecule has 0 bridgehead atoms. The van der Waals surface area contributed by atoms with E-state index in [2.05, 4.69) is 19.9 Å². The molecule has 2 fully saturated rings. The largest absolute Gasteiger partial charge is 0.374 e. The quantitative estimate of drug-likeness (QED) is 0.867. The highest BCUT2D eigenvalue weighted by Crippen LogP contribution is 2.42. The van der Waals surface area contributed by atoms with Crippen LogP contribution in [0, 0.1) is 5.82 Å². The summed E-state index contributed by atoms with van der Waals surface area (Å²) in [5.74, 6) is 0.162. The van der Waals surface area contributed by atoms with Gasteiger partial charge in [-0.1, -0.05) is 0 Å². The Morgan fingerprint density at radius 3 is 2.71 bits per heavy atom. The van der Waals surface area contributed by atoms with Gasteiger partial charge in [-0.3, -0.25) is 9.88 Å². The van der Waals surface area contributed by atoms with Gasteiger partial charge in [0.05, 0.1) is 18.4 Å². The molecule has 0 radical (unpaired) electrons. The molecule has 2 aliphatic heterocycles. The number of ether oxygens (including phenoxy) is 1. The SMILES string of the molecule is Fc1cnccc1CN1CCC2(CC1)CC(c1cncnc1)CO2. The van der Waals surface area contributed by atoms with Crippen LogP contribution in [0.3, 0.4) is 0 Å². The normalized spacial score (nSPS) is 23.6. The first-order valence-electron chi connectivity index (χ1n) is 8.44. The molecule has 4 heterocycles. The van der Waals surface area contributed by atoms with Crippen LogP contribution in [0.15, 0.2) is 37.2 Å². The highest BCUT2D eigenvalue weighted by Gasteiger charge is 2.43. The second-order valence-corrected chi connectivity index (χ2v) is 6.81. The number of hydrogen-bond acceptors (Lipinski definition) is 5. The summed E-state index contributed by atoms with van der Waals surface area (Å²) in [5, 5.41) is 0. The number of nitrogens with zero attached hydrogens (tertiary/aromatic N) is 4. The van der Waals surface area contributed by atoms with Gasteiger partial charge in [0.2, 0.25) is 0 Å². The van der Waals surface area contributed by atoms with E-state index < -0.39 is 0 Å². The van der Waals surface area contributed by atoms with Gasteiger partial charge in [-0.15, -0.1) is 0 Å². The van der Waals surface area contributed by atoms with Gasteiger partial charge >= 0.3 is 0 Å². The van der Waals surface area contributed by atoms with Gasteiger partial charge in [0.25, 0.3) is 0 Å². The van der Waals surface area contributed by atoms with E-state index in [4.69, 9.17) is 4.74 Å². The molecule has 4 rings (SSSR count). The van der Waals surface area contributed by atoms with Crippen molar-refractivity contribution in [3.63, 3.8) is 0 Å². The summed E-state index contributed by atoms with van der Waals surface area (Å²) >= 11 is 0. The van der Waals surface area contributed by atoms with E-state index >= 15 is 0 Å². The minimum Gasteiger partial charge on any atom is -0.374 e. The van der Waals surface area contributed by atoms with Crippen LogP contribution < -0.4 is 0 Å². The standard InChI is InChI=1S/C18H21FN4O/c19-17-10-20-4-1-14(17)11-23-5-2-18(3-6-23)7-15(12-24-18)16-8-21-13-22-9-16/h1,4,8-10,13,15H,2-3,5-7,11-12H2. The van der Waals surface area contributed by atoms with Crippen molar-refractivity contribution in [2.24, 2.45) is 0 Å². The maximum Gasteiger partial charge on any atom is 0.145 e. The predicted octanol–water partition coefficient (Wildman–Crippen LogP) is 2.55. The van der Waals surface area contributed by atoms with E-state index in [1.165, 1.54) is 6.20 Å². The molecule has 0 amide bonds. The van der Waals surface area contributed by atoms with Crippen LogP contribution in [0.5, 0.6) is 0 Å². The van der Waals surface area contributed by atoms with E-state index in [0.717, 1.165) is 44.5 Å². The summed E-state index contributed by atoms with van der Waals surface area (Å²) in [6.07, 6.45) is 11.3. The third kappa shape index (κ3) is 3.16. The number of halogens is 1. The average molecular weight is 328 g/mol. The van der Waals surface area contributed by atoms with Crippen LogP contribution in [0.25, 0.3) is 0 Å². The van der Waals surface area contributed by atoms with E-state index in [0.29, 0.717) is 18.0 Å². The Morgan fingerprint density at radius 2 is 1.96 bits per heavy atom. The summed E-state index contributed by atoms with van der Waals surface area (Å²) in [6, 6.07) is 1.76. The first-order valence-corrected chi connectivity index (χ1v) is 8.44. The third-order valence-electron chi connectivity index (χ3n) is 5.28. The molecule has 6 heteroatoms. The van der Waals surface area contributed by atoms with E-state index in [1.54, 1.807) is 18.6 Å². The molecule has 0 saturated carbocycles. The Kier molecular flexibility index (Phi) is 4.24.